The van der Waals surface area contributed by atoms with Gasteiger partial charge in [-0.25, -0.2) is 4.39 Å². The summed E-state index contributed by atoms with van der Waals surface area (Å²) in [6.07, 6.45) is 8.32. The lowest BCUT2D eigenvalue weighted by molar-refractivity contribution is 0.749. The van der Waals surface area contributed by atoms with E-state index in [4.69, 9.17) is 0 Å². The SMILES string of the molecule is C/C=C(/F)c1ncc(-c2ccccc2)cc1C.C=C(C)CC.CC.CCCCC. The Balaban J connectivity index is 0. The normalized spacial score (nSPS) is 9.76. The minimum absolute atomic E-state index is 0.276. The molecule has 0 radical (unpaired) electrons. The number of pyridine rings is 1. The lowest BCUT2D eigenvalue weighted by Gasteiger charge is -2.06. The van der Waals surface area contributed by atoms with Gasteiger partial charge in [-0.3, -0.25) is 4.98 Å². The van der Waals surface area contributed by atoms with Crippen LogP contribution in [0.15, 0.2) is 60.8 Å². The Labute approximate surface area is 179 Å². The van der Waals surface area contributed by atoms with E-state index >= 15 is 0 Å². The van der Waals surface area contributed by atoms with E-state index in [1.165, 1.54) is 30.9 Å². The van der Waals surface area contributed by atoms with Crippen LogP contribution in [0.5, 0.6) is 0 Å². The lowest BCUT2D eigenvalue weighted by atomic mass is 10.0. The van der Waals surface area contributed by atoms with Crippen molar-refractivity contribution in [2.24, 2.45) is 0 Å². The number of benzene rings is 1. The highest BCUT2D eigenvalue weighted by Gasteiger charge is 2.06. The monoisotopic (exact) mass is 399 g/mol. The molecule has 29 heavy (non-hydrogen) atoms. The van der Waals surface area contributed by atoms with E-state index in [1.807, 2.05) is 64.1 Å². The Hall–Kier alpha value is -2.22. The second kappa shape index (κ2) is 19.1. The number of hydrogen-bond donors (Lipinski definition) is 0. The van der Waals surface area contributed by atoms with Crippen molar-refractivity contribution in [3.05, 3.63) is 72.1 Å². The molecule has 0 atom stereocenters. The van der Waals surface area contributed by atoms with E-state index in [-0.39, 0.29) is 5.83 Å². The molecule has 1 heterocycles. The first-order valence-corrected chi connectivity index (χ1v) is 10.9. The Bertz CT molecular complexity index is 685. The van der Waals surface area contributed by atoms with Gasteiger partial charge >= 0.3 is 0 Å². The molecule has 0 aliphatic carbocycles. The second-order valence-electron chi connectivity index (χ2n) is 6.56. The topological polar surface area (TPSA) is 12.9 Å². The number of aromatic nitrogens is 1. The molecule has 0 aliphatic rings. The van der Waals surface area contributed by atoms with E-state index in [0.717, 1.165) is 23.1 Å². The smallest absolute Gasteiger partial charge is 0.144 e. The minimum Gasteiger partial charge on any atom is -0.253 e. The lowest BCUT2D eigenvalue weighted by Crippen LogP contribution is -1.91. The molecule has 162 valence electrons. The van der Waals surface area contributed by atoms with E-state index in [0.29, 0.717) is 5.69 Å². The molecule has 0 saturated carbocycles. The molecule has 0 saturated heterocycles. The molecule has 2 rings (SSSR count). The highest BCUT2D eigenvalue weighted by Crippen LogP contribution is 2.24. The van der Waals surface area contributed by atoms with Gasteiger partial charge in [0.25, 0.3) is 0 Å². The Morgan fingerprint density at radius 3 is 1.90 bits per heavy atom. The summed E-state index contributed by atoms with van der Waals surface area (Å²) in [6.45, 7) is 19.8. The third kappa shape index (κ3) is 13.6. The van der Waals surface area contributed by atoms with Crippen molar-refractivity contribution in [2.45, 2.75) is 81.1 Å². The second-order valence-corrected chi connectivity index (χ2v) is 6.56. The number of aryl methyl sites for hydroxylation is 1. The molecule has 0 aliphatic heterocycles. The maximum absolute atomic E-state index is 13.5. The number of nitrogens with zero attached hydrogens (tertiary/aromatic N) is 1. The Kier molecular flexibility index (Phi) is 19.1. The van der Waals surface area contributed by atoms with Gasteiger partial charge < -0.3 is 0 Å². The van der Waals surface area contributed by atoms with E-state index < -0.39 is 0 Å². The zero-order chi connectivity index (χ0) is 22.7. The van der Waals surface area contributed by atoms with Gasteiger partial charge in [0.2, 0.25) is 0 Å². The van der Waals surface area contributed by atoms with Gasteiger partial charge in [-0.2, -0.15) is 0 Å². The van der Waals surface area contributed by atoms with Crippen LogP contribution in [-0.4, -0.2) is 4.98 Å². The van der Waals surface area contributed by atoms with Crippen LogP contribution in [0.4, 0.5) is 4.39 Å². The molecule has 0 bridgehead atoms. The van der Waals surface area contributed by atoms with Crippen molar-refractivity contribution in [3.63, 3.8) is 0 Å². The van der Waals surface area contributed by atoms with Crippen LogP contribution in [0.25, 0.3) is 17.0 Å². The van der Waals surface area contributed by atoms with E-state index in [2.05, 4.69) is 32.3 Å². The van der Waals surface area contributed by atoms with Crippen LogP contribution in [0.2, 0.25) is 0 Å². The maximum atomic E-state index is 13.5. The fraction of sp³-hybridized carbons (Fsp3) is 0.444. The molecule has 1 aromatic heterocycles. The van der Waals surface area contributed by atoms with Crippen LogP contribution in [0.3, 0.4) is 0 Å². The predicted molar refractivity (Wildman–Crippen MR) is 131 cm³/mol. The first-order chi connectivity index (χ1) is 13.9. The summed E-state index contributed by atoms with van der Waals surface area (Å²) in [7, 11) is 0. The average molecular weight is 400 g/mol. The summed E-state index contributed by atoms with van der Waals surface area (Å²) in [5.41, 5.74) is 4.63. The third-order valence-electron chi connectivity index (χ3n) is 3.98. The number of halogens is 1. The van der Waals surface area contributed by atoms with Crippen LogP contribution in [0, 0.1) is 6.92 Å². The molecule has 0 unspecified atom stereocenters. The van der Waals surface area contributed by atoms with Crippen LogP contribution in [0.1, 0.15) is 85.4 Å². The summed E-state index contributed by atoms with van der Waals surface area (Å²) in [5.74, 6) is -0.276. The number of unbranched alkanes of at least 4 members (excludes halogenated alkanes) is 2. The third-order valence-corrected chi connectivity index (χ3v) is 3.98. The summed E-state index contributed by atoms with van der Waals surface area (Å²) >= 11 is 0. The standard InChI is InChI=1S/C15H14FN.C5H10.C5H12.C2H6/c1-3-14(16)15-11(2)9-13(10-17-15)12-7-5-4-6-8-12;1-4-5(2)3;1-3-5-4-2;1-2/h3-10H,1-2H3;2,4H2,1,3H3;3-5H2,1-2H3;1-2H3/b14-3+;;;. The van der Waals surface area contributed by atoms with Crippen molar-refractivity contribution < 1.29 is 4.39 Å². The number of allylic oxidation sites excluding steroid dienone is 2. The summed E-state index contributed by atoms with van der Waals surface area (Å²) in [5, 5.41) is 0. The summed E-state index contributed by atoms with van der Waals surface area (Å²) < 4.78 is 13.5. The molecule has 2 heteroatoms. The van der Waals surface area contributed by atoms with Crippen LogP contribution in [-0.2, 0) is 0 Å². The van der Waals surface area contributed by atoms with Crippen molar-refractivity contribution in [1.82, 2.24) is 4.98 Å². The van der Waals surface area contributed by atoms with Gasteiger partial charge in [0.05, 0.1) is 0 Å². The van der Waals surface area contributed by atoms with Gasteiger partial charge in [-0.05, 0) is 50.5 Å². The molecule has 0 N–H and O–H groups in total. The molecular formula is C27H42FN. The molecule has 0 amide bonds. The average Bonchev–Trinajstić information content (AvgIpc) is 2.76. The zero-order valence-corrected chi connectivity index (χ0v) is 20.0. The zero-order valence-electron chi connectivity index (χ0n) is 20.0. The molecule has 1 nitrogen and oxygen atoms in total. The van der Waals surface area contributed by atoms with Crippen molar-refractivity contribution in [3.8, 4) is 11.1 Å². The van der Waals surface area contributed by atoms with Crippen molar-refractivity contribution in [2.75, 3.05) is 0 Å². The fourth-order valence-electron chi connectivity index (χ4n) is 2.10. The molecular weight excluding hydrogens is 357 g/mol. The van der Waals surface area contributed by atoms with Crippen LogP contribution >= 0.6 is 0 Å². The largest absolute Gasteiger partial charge is 0.253 e. The minimum atomic E-state index is -0.276. The highest BCUT2D eigenvalue weighted by atomic mass is 19.1. The predicted octanol–water partition coefficient (Wildman–Crippen LogP) is 9.58. The van der Waals surface area contributed by atoms with Gasteiger partial charge in [0.1, 0.15) is 11.5 Å². The van der Waals surface area contributed by atoms with Crippen molar-refractivity contribution in [1.29, 1.82) is 0 Å². The first-order valence-electron chi connectivity index (χ1n) is 10.9. The number of hydrogen-bond acceptors (Lipinski definition) is 1. The molecule has 2 aromatic rings. The molecule has 0 spiro atoms. The molecule has 1 aromatic carbocycles. The highest BCUT2D eigenvalue weighted by molar-refractivity contribution is 5.67. The summed E-state index contributed by atoms with van der Waals surface area (Å²) in [6, 6.07) is 11.9. The first kappa shape index (κ1) is 29.0. The Morgan fingerprint density at radius 1 is 1.03 bits per heavy atom. The maximum Gasteiger partial charge on any atom is 0.144 e. The Morgan fingerprint density at radius 2 is 1.55 bits per heavy atom. The van der Waals surface area contributed by atoms with Crippen LogP contribution < -0.4 is 0 Å². The van der Waals surface area contributed by atoms with E-state index in [9.17, 15) is 4.39 Å². The van der Waals surface area contributed by atoms with Gasteiger partial charge in [-0.1, -0.05) is 89.8 Å². The van der Waals surface area contributed by atoms with Gasteiger partial charge in [-0.15, -0.1) is 6.58 Å². The van der Waals surface area contributed by atoms with Gasteiger partial charge in [0, 0.05) is 11.8 Å². The fourth-order valence-corrected chi connectivity index (χ4v) is 2.10. The summed E-state index contributed by atoms with van der Waals surface area (Å²) in [4.78, 5) is 4.18. The van der Waals surface area contributed by atoms with E-state index in [1.54, 1.807) is 13.1 Å². The molecule has 0 fully saturated rings. The number of rotatable bonds is 5. The van der Waals surface area contributed by atoms with Gasteiger partial charge in [0.15, 0.2) is 0 Å². The van der Waals surface area contributed by atoms with Crippen molar-refractivity contribution >= 4 is 5.83 Å². The quantitative estimate of drug-likeness (QED) is 0.456.